The van der Waals surface area contributed by atoms with E-state index in [4.69, 9.17) is 19.4 Å². The number of pyridine rings is 2. The number of phosphoric ester groups is 1. The minimum absolute atomic E-state index is 0.0801. The Labute approximate surface area is 188 Å². The van der Waals surface area contributed by atoms with Crippen LogP contribution in [0.3, 0.4) is 0 Å². The molecule has 3 rings (SSSR count). The molecule has 0 amide bonds. The zero-order chi connectivity index (χ0) is 25.6. The predicted octanol–water partition coefficient (Wildman–Crippen LogP) is -0.124. The number of halogens is 1. The number of fused-ring (bicyclic) bond motifs is 1. The van der Waals surface area contributed by atoms with Crippen LogP contribution in [0.2, 0.25) is 0 Å². The standard InChI is InChI=1S/C14H18FN2O14P3/c1-5-2-9(15)16-13-6(5)3-7(14(20)17-13)12-11(19)10(18)8(29-12)4-28-33(24,25)31-34(26,27)30-32(21,22)23/h2-3,8,10-12,18-19H,4H2,1H3,(H,24,25)(H,26,27)(H,16,17,20)(H2,21,22,23)/t8-,10+,11?,12+/m1/s1. The van der Waals surface area contributed by atoms with Crippen molar-refractivity contribution < 1.29 is 65.8 Å². The first-order valence-corrected chi connectivity index (χ1v) is 13.5. The van der Waals surface area contributed by atoms with Crippen LogP contribution in [0.5, 0.6) is 0 Å². The van der Waals surface area contributed by atoms with Gasteiger partial charge in [-0.2, -0.15) is 13.0 Å². The molecule has 2 aromatic rings. The second-order valence-electron chi connectivity index (χ2n) is 7.04. The van der Waals surface area contributed by atoms with Gasteiger partial charge in [-0.3, -0.25) is 9.32 Å². The normalized spacial score (nSPS) is 26.9. The van der Waals surface area contributed by atoms with E-state index in [9.17, 15) is 38.0 Å². The van der Waals surface area contributed by atoms with Crippen molar-refractivity contribution in [3.05, 3.63) is 39.6 Å². The average Bonchev–Trinajstić information content (AvgIpc) is 2.91. The van der Waals surface area contributed by atoms with Crippen molar-refractivity contribution in [1.29, 1.82) is 0 Å². The largest absolute Gasteiger partial charge is 0.490 e. The van der Waals surface area contributed by atoms with Crippen molar-refractivity contribution in [3.8, 4) is 0 Å². The summed E-state index contributed by atoms with van der Waals surface area (Å²) in [5, 5.41) is 20.8. The van der Waals surface area contributed by atoms with Crippen molar-refractivity contribution in [2.24, 2.45) is 0 Å². The summed E-state index contributed by atoms with van der Waals surface area (Å²) in [6.45, 7) is 0.483. The number of aromatic nitrogens is 2. The first-order valence-electron chi connectivity index (χ1n) is 8.98. The number of nitrogens with zero attached hydrogens (tertiary/aromatic N) is 1. The molecule has 2 aromatic heterocycles. The number of aliphatic hydroxyl groups excluding tert-OH is 2. The quantitative estimate of drug-likeness (QED) is 0.167. The number of hydrogen-bond acceptors (Lipinski definition) is 11. The lowest BCUT2D eigenvalue weighted by Crippen LogP contribution is -2.33. The maximum Gasteiger partial charge on any atom is 0.490 e. The predicted molar refractivity (Wildman–Crippen MR) is 107 cm³/mol. The van der Waals surface area contributed by atoms with Gasteiger partial charge in [-0.05, 0) is 24.6 Å². The molecule has 0 radical (unpaired) electrons. The first-order chi connectivity index (χ1) is 15.5. The number of aryl methyl sites for hydroxylation is 1. The highest BCUT2D eigenvalue weighted by Crippen LogP contribution is 2.66. The fourth-order valence-corrected chi connectivity index (χ4v) is 6.18. The lowest BCUT2D eigenvalue weighted by molar-refractivity contribution is -0.0225. The van der Waals surface area contributed by atoms with E-state index in [2.05, 4.69) is 23.1 Å². The Balaban J connectivity index is 1.76. The molecular formula is C14H18FN2O14P3. The molecule has 0 spiro atoms. The van der Waals surface area contributed by atoms with E-state index in [1.807, 2.05) is 0 Å². The maximum absolute atomic E-state index is 13.5. The van der Waals surface area contributed by atoms with Crippen LogP contribution in [0.15, 0.2) is 16.9 Å². The molecule has 7 N–H and O–H groups in total. The zero-order valence-corrected chi connectivity index (χ0v) is 19.5. The van der Waals surface area contributed by atoms with Gasteiger partial charge in [0.15, 0.2) is 0 Å². The molecule has 1 saturated heterocycles. The van der Waals surface area contributed by atoms with Crippen LogP contribution in [0, 0.1) is 12.9 Å². The number of rotatable bonds is 8. The Morgan fingerprint density at radius 3 is 2.35 bits per heavy atom. The molecule has 20 heteroatoms. The Kier molecular flexibility index (Phi) is 7.64. The molecular weight excluding hydrogens is 532 g/mol. The van der Waals surface area contributed by atoms with Crippen molar-refractivity contribution in [2.45, 2.75) is 31.3 Å². The third kappa shape index (κ3) is 6.42. The third-order valence-corrected chi connectivity index (χ3v) is 8.32. The molecule has 1 aliphatic heterocycles. The van der Waals surface area contributed by atoms with E-state index in [1.165, 1.54) is 13.0 Å². The third-order valence-electron chi connectivity index (χ3n) is 4.51. The molecule has 1 aliphatic rings. The van der Waals surface area contributed by atoms with Gasteiger partial charge in [-0.25, -0.2) is 18.7 Å². The van der Waals surface area contributed by atoms with Crippen molar-refractivity contribution in [1.82, 2.24) is 9.97 Å². The van der Waals surface area contributed by atoms with E-state index in [0.717, 1.165) is 6.07 Å². The lowest BCUT2D eigenvalue weighted by Gasteiger charge is -2.19. The molecule has 3 unspecified atom stereocenters. The molecule has 0 aliphatic carbocycles. The Hall–Kier alpha value is -1.42. The van der Waals surface area contributed by atoms with E-state index in [1.54, 1.807) is 0 Å². The second-order valence-corrected chi connectivity index (χ2v) is 11.5. The number of H-pyrrole nitrogens is 1. The van der Waals surface area contributed by atoms with E-state index in [0.29, 0.717) is 10.9 Å². The van der Waals surface area contributed by atoms with Gasteiger partial charge in [0, 0.05) is 10.9 Å². The Bertz CT molecular complexity index is 1300. The van der Waals surface area contributed by atoms with Gasteiger partial charge in [-0.15, -0.1) is 0 Å². The van der Waals surface area contributed by atoms with Crippen molar-refractivity contribution in [2.75, 3.05) is 6.61 Å². The van der Waals surface area contributed by atoms with Gasteiger partial charge in [0.05, 0.1) is 6.61 Å². The molecule has 3 heterocycles. The van der Waals surface area contributed by atoms with Crippen LogP contribution >= 0.6 is 23.5 Å². The summed E-state index contributed by atoms with van der Waals surface area (Å²) in [6, 6.07) is 2.35. The van der Waals surface area contributed by atoms with Gasteiger partial charge in [0.25, 0.3) is 5.56 Å². The summed E-state index contributed by atoms with van der Waals surface area (Å²) < 4.78 is 64.2. The number of aromatic amines is 1. The summed E-state index contributed by atoms with van der Waals surface area (Å²) in [6.07, 6.45) is -6.60. The lowest BCUT2D eigenvalue weighted by atomic mass is 10.0. The Morgan fingerprint density at radius 2 is 1.74 bits per heavy atom. The summed E-state index contributed by atoms with van der Waals surface area (Å²) >= 11 is 0. The zero-order valence-electron chi connectivity index (χ0n) is 16.8. The monoisotopic (exact) mass is 550 g/mol. The number of ether oxygens (including phenoxy) is 1. The number of hydrogen-bond donors (Lipinski definition) is 7. The van der Waals surface area contributed by atoms with Crippen LogP contribution in [-0.2, 0) is 31.6 Å². The summed E-state index contributed by atoms with van der Waals surface area (Å²) in [5.74, 6) is -0.840. The molecule has 34 heavy (non-hydrogen) atoms. The molecule has 190 valence electrons. The highest BCUT2D eigenvalue weighted by molar-refractivity contribution is 7.66. The van der Waals surface area contributed by atoms with Crippen LogP contribution in [0.4, 0.5) is 4.39 Å². The topological polar surface area (TPSA) is 255 Å². The molecule has 0 saturated carbocycles. The minimum atomic E-state index is -5.75. The average molecular weight is 550 g/mol. The van der Waals surface area contributed by atoms with E-state index < -0.39 is 66.0 Å². The molecule has 6 atom stereocenters. The van der Waals surface area contributed by atoms with Gasteiger partial charge >= 0.3 is 23.5 Å². The summed E-state index contributed by atoms with van der Waals surface area (Å²) in [4.78, 5) is 54.0. The number of phosphoric acid groups is 3. The highest BCUT2D eigenvalue weighted by Gasteiger charge is 2.47. The molecule has 1 fully saturated rings. The van der Waals surface area contributed by atoms with Gasteiger partial charge in [-0.1, -0.05) is 0 Å². The van der Waals surface area contributed by atoms with Crippen LogP contribution in [0.25, 0.3) is 11.0 Å². The van der Waals surface area contributed by atoms with Crippen molar-refractivity contribution in [3.63, 3.8) is 0 Å². The van der Waals surface area contributed by atoms with Gasteiger partial charge in [0.1, 0.15) is 30.1 Å². The molecule has 16 nitrogen and oxygen atoms in total. The van der Waals surface area contributed by atoms with Crippen LogP contribution in [0.1, 0.15) is 17.2 Å². The van der Waals surface area contributed by atoms with Gasteiger partial charge in [0.2, 0.25) is 5.95 Å². The second kappa shape index (κ2) is 9.56. The SMILES string of the molecule is Cc1cc(F)nc2[nH]c(=O)c([C@@H]3O[C@H](COP(=O)(O)OP(=O)(O)OP(=O)(O)O)[C@H](O)C3O)cc12. The fourth-order valence-electron chi connectivity index (χ4n) is 3.15. The Morgan fingerprint density at radius 1 is 1.09 bits per heavy atom. The minimum Gasteiger partial charge on any atom is -0.387 e. The summed E-state index contributed by atoms with van der Waals surface area (Å²) in [5.41, 5.74) is -0.730. The molecule has 0 aromatic carbocycles. The fraction of sp³-hybridized carbons (Fsp3) is 0.429. The smallest absolute Gasteiger partial charge is 0.387 e. The van der Waals surface area contributed by atoms with Gasteiger partial charge < -0.3 is 39.5 Å². The van der Waals surface area contributed by atoms with E-state index in [-0.39, 0.29) is 11.2 Å². The van der Waals surface area contributed by atoms with Crippen molar-refractivity contribution >= 4 is 34.5 Å². The van der Waals surface area contributed by atoms with Crippen LogP contribution in [-0.4, -0.2) is 64.7 Å². The number of aliphatic hydroxyl groups is 2. The summed E-state index contributed by atoms with van der Waals surface area (Å²) in [7, 11) is -16.8. The first kappa shape index (κ1) is 27.2. The van der Waals surface area contributed by atoms with Crippen LogP contribution < -0.4 is 5.56 Å². The number of nitrogens with one attached hydrogen (secondary N) is 1. The van der Waals surface area contributed by atoms with E-state index >= 15 is 0 Å². The highest BCUT2D eigenvalue weighted by atomic mass is 31.3. The maximum atomic E-state index is 13.5. The molecule has 0 bridgehead atoms.